The third kappa shape index (κ3) is 5.92. The van der Waals surface area contributed by atoms with E-state index in [2.05, 4.69) is 5.32 Å². The van der Waals surface area contributed by atoms with Crippen LogP contribution in [-0.4, -0.2) is 17.6 Å². The van der Waals surface area contributed by atoms with Crippen LogP contribution in [0.4, 0.5) is 26.3 Å². The number of amides is 1. The number of nitrogens with one attached hydrogen (secondary N) is 1. The Morgan fingerprint density at radius 1 is 1.00 bits per heavy atom. The second-order valence-electron chi connectivity index (χ2n) is 8.95. The van der Waals surface area contributed by atoms with E-state index in [1.54, 1.807) is 0 Å². The van der Waals surface area contributed by atoms with Gasteiger partial charge in [0, 0.05) is 6.61 Å². The van der Waals surface area contributed by atoms with Crippen LogP contribution in [0.1, 0.15) is 67.2 Å². The number of hydrogen-bond acceptors (Lipinski definition) is 2. The number of rotatable bonds is 6. The average Bonchev–Trinajstić information content (AvgIpc) is 2.79. The van der Waals surface area contributed by atoms with Gasteiger partial charge in [-0.2, -0.15) is 26.3 Å². The fourth-order valence-corrected chi connectivity index (χ4v) is 4.61. The molecule has 1 aliphatic carbocycles. The van der Waals surface area contributed by atoms with Gasteiger partial charge in [-0.15, -0.1) is 0 Å². The SMILES string of the molecule is CC(C(=O)N[C@]1(c2ccccc2)CC[C@@H](CCO)CC1)c1cc(C(F)(F)F)cc(C(F)(F)F)c1. The minimum Gasteiger partial charge on any atom is -0.396 e. The van der Waals surface area contributed by atoms with Crippen molar-refractivity contribution < 1.29 is 36.2 Å². The molecule has 0 bridgehead atoms. The zero-order valence-electron chi connectivity index (χ0n) is 18.6. The molecule has 1 aliphatic rings. The van der Waals surface area contributed by atoms with Crippen molar-refractivity contribution in [2.24, 2.45) is 5.92 Å². The first kappa shape index (κ1) is 26.1. The molecule has 0 saturated heterocycles. The highest BCUT2D eigenvalue weighted by atomic mass is 19.4. The molecule has 0 aromatic heterocycles. The maximum Gasteiger partial charge on any atom is 0.416 e. The summed E-state index contributed by atoms with van der Waals surface area (Å²) in [5, 5.41) is 12.2. The van der Waals surface area contributed by atoms with Crippen LogP contribution in [0.15, 0.2) is 48.5 Å². The third-order valence-corrected chi connectivity index (χ3v) is 6.69. The number of hydrogen-bond donors (Lipinski definition) is 2. The monoisotopic (exact) mass is 487 g/mol. The van der Waals surface area contributed by atoms with E-state index >= 15 is 0 Å². The van der Waals surface area contributed by atoms with Crippen LogP contribution < -0.4 is 5.32 Å². The molecule has 1 atom stereocenters. The maximum absolute atomic E-state index is 13.3. The number of aliphatic hydroxyl groups is 1. The standard InChI is InChI=1S/C25H27F6NO2/c1-16(18-13-20(24(26,27)28)15-21(14-18)25(29,30)31)22(34)32-23(19-5-3-2-4-6-19)10-7-17(8-11-23)9-12-33/h2-6,13-17,33H,7-12H2,1H3,(H,32,34)/t16?,17-,23-. The molecule has 1 fully saturated rings. The second kappa shape index (κ2) is 9.98. The average molecular weight is 487 g/mol. The minimum absolute atomic E-state index is 0.0576. The molecule has 3 nitrogen and oxygen atoms in total. The summed E-state index contributed by atoms with van der Waals surface area (Å²) < 4.78 is 79.6. The Balaban J connectivity index is 1.92. The van der Waals surface area contributed by atoms with Crippen molar-refractivity contribution in [1.29, 1.82) is 0 Å². The summed E-state index contributed by atoms with van der Waals surface area (Å²) in [5.74, 6) is -1.59. The van der Waals surface area contributed by atoms with Crippen molar-refractivity contribution >= 4 is 5.91 Å². The Labute approximate surface area is 194 Å². The minimum atomic E-state index is -4.98. The van der Waals surface area contributed by atoms with Crippen molar-refractivity contribution in [3.8, 4) is 0 Å². The van der Waals surface area contributed by atoms with Gasteiger partial charge in [0.1, 0.15) is 0 Å². The van der Waals surface area contributed by atoms with E-state index in [0.29, 0.717) is 31.4 Å². The topological polar surface area (TPSA) is 49.3 Å². The molecule has 2 aromatic carbocycles. The number of aliphatic hydroxyl groups excluding tert-OH is 1. The van der Waals surface area contributed by atoms with Gasteiger partial charge in [0.05, 0.1) is 22.6 Å². The van der Waals surface area contributed by atoms with E-state index in [1.165, 1.54) is 6.92 Å². The quantitative estimate of drug-likeness (QED) is 0.463. The van der Waals surface area contributed by atoms with Crippen LogP contribution in [-0.2, 0) is 22.7 Å². The molecule has 1 unspecified atom stereocenters. The van der Waals surface area contributed by atoms with Crippen LogP contribution in [0.25, 0.3) is 0 Å². The molecule has 0 radical (unpaired) electrons. The Morgan fingerprint density at radius 2 is 1.53 bits per heavy atom. The zero-order chi connectivity index (χ0) is 25.1. The number of halogens is 6. The summed E-state index contributed by atoms with van der Waals surface area (Å²) in [5.41, 5.74) is -3.19. The van der Waals surface area contributed by atoms with E-state index < -0.39 is 40.8 Å². The number of carbonyl (C=O) groups is 1. The van der Waals surface area contributed by atoms with Crippen LogP contribution in [0.2, 0.25) is 0 Å². The van der Waals surface area contributed by atoms with Gasteiger partial charge in [0.15, 0.2) is 0 Å². The van der Waals surface area contributed by atoms with Gasteiger partial charge >= 0.3 is 12.4 Å². The molecule has 0 aliphatic heterocycles. The van der Waals surface area contributed by atoms with Gasteiger partial charge in [-0.05, 0) is 74.3 Å². The lowest BCUT2D eigenvalue weighted by atomic mass is 9.71. The van der Waals surface area contributed by atoms with Gasteiger partial charge in [-0.25, -0.2) is 0 Å². The van der Waals surface area contributed by atoms with Crippen LogP contribution >= 0.6 is 0 Å². The second-order valence-corrected chi connectivity index (χ2v) is 8.95. The summed E-state index contributed by atoms with van der Waals surface area (Å²) >= 11 is 0. The van der Waals surface area contributed by atoms with E-state index in [-0.39, 0.29) is 24.2 Å². The van der Waals surface area contributed by atoms with E-state index in [4.69, 9.17) is 0 Å². The third-order valence-electron chi connectivity index (χ3n) is 6.69. The molecule has 1 amide bonds. The number of alkyl halides is 6. The zero-order valence-corrected chi connectivity index (χ0v) is 18.6. The van der Waals surface area contributed by atoms with E-state index in [9.17, 15) is 36.2 Å². The highest BCUT2D eigenvalue weighted by Gasteiger charge is 2.40. The fourth-order valence-electron chi connectivity index (χ4n) is 4.61. The number of benzene rings is 2. The summed E-state index contributed by atoms with van der Waals surface area (Å²) in [6.07, 6.45) is -6.77. The molecule has 186 valence electrons. The predicted molar refractivity (Wildman–Crippen MR) is 115 cm³/mol. The van der Waals surface area contributed by atoms with Crippen LogP contribution in [0, 0.1) is 5.92 Å². The summed E-state index contributed by atoms with van der Waals surface area (Å²) in [4.78, 5) is 13.2. The van der Waals surface area contributed by atoms with Gasteiger partial charge in [0.2, 0.25) is 5.91 Å². The van der Waals surface area contributed by atoms with Gasteiger partial charge < -0.3 is 10.4 Å². The molecular weight excluding hydrogens is 460 g/mol. The Hall–Kier alpha value is -2.55. The smallest absolute Gasteiger partial charge is 0.396 e. The van der Waals surface area contributed by atoms with Crippen molar-refractivity contribution in [3.05, 3.63) is 70.8 Å². The highest BCUT2D eigenvalue weighted by Crippen LogP contribution is 2.42. The van der Waals surface area contributed by atoms with Crippen molar-refractivity contribution in [1.82, 2.24) is 5.32 Å². The van der Waals surface area contributed by atoms with Crippen molar-refractivity contribution in [3.63, 3.8) is 0 Å². The van der Waals surface area contributed by atoms with Crippen LogP contribution in [0.5, 0.6) is 0 Å². The lowest BCUT2D eigenvalue weighted by molar-refractivity contribution is -0.143. The lowest BCUT2D eigenvalue weighted by Gasteiger charge is -2.42. The van der Waals surface area contributed by atoms with Gasteiger partial charge in [0.25, 0.3) is 0 Å². The Morgan fingerprint density at radius 3 is 2.00 bits per heavy atom. The molecule has 3 rings (SSSR count). The predicted octanol–water partition coefficient (Wildman–Crippen LogP) is 6.41. The van der Waals surface area contributed by atoms with Gasteiger partial charge in [-0.3, -0.25) is 4.79 Å². The fraction of sp³-hybridized carbons (Fsp3) is 0.480. The first-order chi connectivity index (χ1) is 15.9. The Kier molecular flexibility index (Phi) is 7.65. The van der Waals surface area contributed by atoms with E-state index in [1.807, 2.05) is 30.3 Å². The van der Waals surface area contributed by atoms with Crippen molar-refractivity contribution in [2.75, 3.05) is 6.61 Å². The summed E-state index contributed by atoms with van der Waals surface area (Å²) in [6, 6.07) is 10.4. The lowest BCUT2D eigenvalue weighted by Crippen LogP contribution is -2.49. The first-order valence-electron chi connectivity index (χ1n) is 11.1. The first-order valence-corrected chi connectivity index (χ1v) is 11.1. The molecule has 2 N–H and O–H groups in total. The molecule has 2 aromatic rings. The summed E-state index contributed by atoms with van der Waals surface area (Å²) in [6.45, 7) is 1.37. The van der Waals surface area contributed by atoms with Gasteiger partial charge in [-0.1, -0.05) is 30.3 Å². The molecule has 0 spiro atoms. The normalized spacial score (nSPS) is 22.3. The number of carbonyl (C=O) groups excluding carboxylic acids is 1. The maximum atomic E-state index is 13.3. The molecule has 34 heavy (non-hydrogen) atoms. The highest BCUT2D eigenvalue weighted by molar-refractivity contribution is 5.84. The molecule has 0 heterocycles. The Bertz CT molecular complexity index is 947. The largest absolute Gasteiger partial charge is 0.416 e. The van der Waals surface area contributed by atoms with Crippen LogP contribution in [0.3, 0.4) is 0 Å². The summed E-state index contributed by atoms with van der Waals surface area (Å²) in [7, 11) is 0. The van der Waals surface area contributed by atoms with E-state index in [0.717, 1.165) is 18.4 Å². The molecule has 9 heteroatoms. The molecular formula is C25H27F6NO2. The molecule has 1 saturated carbocycles. The van der Waals surface area contributed by atoms with Crippen molar-refractivity contribution in [2.45, 2.75) is 62.8 Å².